The number of hydrogen-bond donors (Lipinski definition) is 1. The molecule has 1 fully saturated rings. The zero-order valence-electron chi connectivity index (χ0n) is 14.9. The number of methoxy groups -OCH3 is 1. The highest BCUT2D eigenvalue weighted by Crippen LogP contribution is 2.22. The van der Waals surface area contributed by atoms with Crippen LogP contribution >= 0.6 is 0 Å². The first kappa shape index (κ1) is 18.4. The quantitative estimate of drug-likeness (QED) is 0.793. The number of ether oxygens (including phenoxy) is 2. The number of benzene rings is 2. The van der Waals surface area contributed by atoms with Crippen LogP contribution in [0.1, 0.15) is 23.2 Å². The average Bonchev–Trinajstić information content (AvgIpc) is 3.12. The molecule has 1 aliphatic heterocycles. The number of esters is 1. The molecule has 3 rings (SSSR count). The van der Waals surface area contributed by atoms with E-state index in [2.05, 4.69) is 5.32 Å². The summed E-state index contributed by atoms with van der Waals surface area (Å²) in [5, 5.41) is 2.64. The fourth-order valence-electron chi connectivity index (χ4n) is 2.83. The maximum atomic E-state index is 12.2. The molecule has 2 aromatic carbocycles. The summed E-state index contributed by atoms with van der Waals surface area (Å²) in [6.07, 6.45) is 1.32. The SMILES string of the molecule is COc1cccc(NC(=O)COC(=O)c2cccc(N3CCCC3=O)c2)c1. The van der Waals surface area contributed by atoms with Gasteiger partial charge in [0, 0.05) is 30.4 Å². The van der Waals surface area contributed by atoms with Crippen molar-refractivity contribution in [2.75, 3.05) is 30.5 Å². The molecule has 0 atom stereocenters. The van der Waals surface area contributed by atoms with E-state index < -0.39 is 18.5 Å². The Labute approximate surface area is 156 Å². The second kappa shape index (κ2) is 8.35. The first-order valence-corrected chi connectivity index (χ1v) is 8.58. The van der Waals surface area contributed by atoms with Gasteiger partial charge in [-0.15, -0.1) is 0 Å². The van der Waals surface area contributed by atoms with Crippen molar-refractivity contribution in [1.29, 1.82) is 0 Å². The van der Waals surface area contributed by atoms with Crippen LogP contribution in [0.25, 0.3) is 0 Å². The molecule has 1 heterocycles. The van der Waals surface area contributed by atoms with Crippen molar-refractivity contribution in [2.45, 2.75) is 12.8 Å². The molecule has 0 aromatic heterocycles. The zero-order valence-corrected chi connectivity index (χ0v) is 14.9. The van der Waals surface area contributed by atoms with Gasteiger partial charge >= 0.3 is 5.97 Å². The molecule has 0 spiro atoms. The summed E-state index contributed by atoms with van der Waals surface area (Å²) < 4.78 is 10.2. The molecule has 27 heavy (non-hydrogen) atoms. The van der Waals surface area contributed by atoms with Gasteiger partial charge in [0.25, 0.3) is 5.91 Å². The lowest BCUT2D eigenvalue weighted by atomic mass is 10.2. The normalized spacial score (nSPS) is 13.4. The minimum atomic E-state index is -0.621. The van der Waals surface area contributed by atoms with Crippen LogP contribution in [0, 0.1) is 0 Å². The molecule has 0 unspecified atom stereocenters. The Morgan fingerprint density at radius 1 is 1.15 bits per heavy atom. The molecule has 140 valence electrons. The fraction of sp³-hybridized carbons (Fsp3) is 0.250. The summed E-state index contributed by atoms with van der Waals surface area (Å²) >= 11 is 0. The third-order valence-electron chi connectivity index (χ3n) is 4.15. The number of rotatable bonds is 6. The highest BCUT2D eigenvalue weighted by Gasteiger charge is 2.22. The molecular formula is C20H20N2O5. The number of anilines is 2. The molecule has 7 heteroatoms. The van der Waals surface area contributed by atoms with E-state index in [4.69, 9.17) is 9.47 Å². The second-order valence-corrected chi connectivity index (χ2v) is 6.06. The van der Waals surface area contributed by atoms with Crippen LogP contribution < -0.4 is 15.0 Å². The molecule has 1 N–H and O–H groups in total. The van der Waals surface area contributed by atoms with E-state index in [9.17, 15) is 14.4 Å². The first-order chi connectivity index (χ1) is 13.1. The second-order valence-electron chi connectivity index (χ2n) is 6.06. The Bertz CT molecular complexity index is 865. The Balaban J connectivity index is 1.57. The van der Waals surface area contributed by atoms with Gasteiger partial charge in [0.1, 0.15) is 5.75 Å². The monoisotopic (exact) mass is 368 g/mol. The largest absolute Gasteiger partial charge is 0.497 e. The maximum absolute atomic E-state index is 12.2. The summed E-state index contributed by atoms with van der Waals surface area (Å²) in [6.45, 7) is 0.225. The third kappa shape index (κ3) is 4.63. The maximum Gasteiger partial charge on any atom is 0.338 e. The van der Waals surface area contributed by atoms with E-state index in [1.54, 1.807) is 53.4 Å². The van der Waals surface area contributed by atoms with Gasteiger partial charge in [-0.3, -0.25) is 9.59 Å². The van der Waals surface area contributed by atoms with Crippen LogP contribution in [0.5, 0.6) is 5.75 Å². The number of nitrogens with one attached hydrogen (secondary N) is 1. The Morgan fingerprint density at radius 2 is 1.96 bits per heavy atom. The Kier molecular flexibility index (Phi) is 5.71. The number of hydrogen-bond acceptors (Lipinski definition) is 5. The van der Waals surface area contributed by atoms with E-state index in [0.717, 1.165) is 6.42 Å². The smallest absolute Gasteiger partial charge is 0.338 e. The summed E-state index contributed by atoms with van der Waals surface area (Å²) in [5.74, 6) is -0.428. The zero-order chi connectivity index (χ0) is 19.2. The lowest BCUT2D eigenvalue weighted by Gasteiger charge is -2.16. The van der Waals surface area contributed by atoms with Crippen LogP contribution in [0.15, 0.2) is 48.5 Å². The molecule has 0 bridgehead atoms. The minimum Gasteiger partial charge on any atom is -0.497 e. The Morgan fingerprint density at radius 3 is 2.70 bits per heavy atom. The van der Waals surface area contributed by atoms with E-state index in [-0.39, 0.29) is 5.91 Å². The van der Waals surface area contributed by atoms with Gasteiger partial charge in [-0.1, -0.05) is 12.1 Å². The predicted octanol–water partition coefficient (Wildman–Crippen LogP) is 2.62. The van der Waals surface area contributed by atoms with Gasteiger partial charge < -0.3 is 19.7 Å². The molecule has 7 nitrogen and oxygen atoms in total. The van der Waals surface area contributed by atoms with Gasteiger partial charge in [0.05, 0.1) is 12.7 Å². The summed E-state index contributed by atoms with van der Waals surface area (Å²) in [4.78, 5) is 37.7. The van der Waals surface area contributed by atoms with E-state index in [1.165, 1.54) is 7.11 Å². The third-order valence-corrected chi connectivity index (χ3v) is 4.15. The fourth-order valence-corrected chi connectivity index (χ4v) is 2.83. The highest BCUT2D eigenvalue weighted by molar-refractivity contribution is 5.98. The lowest BCUT2D eigenvalue weighted by Crippen LogP contribution is -2.24. The summed E-state index contributed by atoms with van der Waals surface area (Å²) in [5.41, 5.74) is 1.50. The highest BCUT2D eigenvalue weighted by atomic mass is 16.5. The molecule has 0 aliphatic carbocycles. The van der Waals surface area contributed by atoms with Crippen LogP contribution in [-0.4, -0.2) is 38.0 Å². The summed E-state index contributed by atoms with van der Waals surface area (Å²) in [7, 11) is 1.53. The number of nitrogens with zero attached hydrogens (tertiary/aromatic N) is 1. The first-order valence-electron chi connectivity index (χ1n) is 8.58. The van der Waals surface area contributed by atoms with Crippen LogP contribution in [0.4, 0.5) is 11.4 Å². The van der Waals surface area contributed by atoms with E-state index >= 15 is 0 Å². The van der Waals surface area contributed by atoms with Gasteiger partial charge in [0.2, 0.25) is 5.91 Å². The van der Waals surface area contributed by atoms with E-state index in [1.807, 2.05) is 0 Å². The minimum absolute atomic E-state index is 0.0400. The van der Waals surface area contributed by atoms with Crippen LogP contribution in [-0.2, 0) is 14.3 Å². The topological polar surface area (TPSA) is 84.9 Å². The van der Waals surface area contributed by atoms with E-state index in [0.29, 0.717) is 35.7 Å². The van der Waals surface area contributed by atoms with Gasteiger partial charge in [-0.05, 0) is 36.8 Å². The van der Waals surface area contributed by atoms with Crippen molar-refractivity contribution in [2.24, 2.45) is 0 Å². The molecule has 2 aromatic rings. The van der Waals surface area contributed by atoms with Crippen molar-refractivity contribution in [3.8, 4) is 5.75 Å². The molecule has 0 saturated carbocycles. The van der Waals surface area contributed by atoms with Crippen molar-refractivity contribution >= 4 is 29.2 Å². The van der Waals surface area contributed by atoms with Gasteiger partial charge in [0.15, 0.2) is 6.61 Å². The standard InChI is InChI=1S/C20H20N2O5/c1-26-17-8-3-6-15(12-17)21-18(23)13-27-20(25)14-5-2-7-16(11-14)22-10-4-9-19(22)24/h2-3,5-8,11-12H,4,9-10,13H2,1H3,(H,21,23). The van der Waals surface area contributed by atoms with Crippen LogP contribution in [0.3, 0.4) is 0 Å². The van der Waals surface area contributed by atoms with Gasteiger partial charge in [-0.2, -0.15) is 0 Å². The molecule has 0 radical (unpaired) electrons. The number of amides is 2. The summed E-state index contributed by atoms with van der Waals surface area (Å²) in [6, 6.07) is 13.5. The average molecular weight is 368 g/mol. The molecule has 1 saturated heterocycles. The Hall–Kier alpha value is -3.35. The van der Waals surface area contributed by atoms with Crippen molar-refractivity contribution < 1.29 is 23.9 Å². The van der Waals surface area contributed by atoms with Crippen molar-refractivity contribution in [1.82, 2.24) is 0 Å². The van der Waals surface area contributed by atoms with Crippen molar-refractivity contribution in [3.05, 3.63) is 54.1 Å². The van der Waals surface area contributed by atoms with Crippen molar-refractivity contribution in [3.63, 3.8) is 0 Å². The van der Waals surface area contributed by atoms with Crippen LogP contribution in [0.2, 0.25) is 0 Å². The predicted molar refractivity (Wildman–Crippen MR) is 99.9 cm³/mol. The molecule has 1 aliphatic rings. The molecular weight excluding hydrogens is 348 g/mol. The molecule has 2 amide bonds. The number of carbonyl (C=O) groups excluding carboxylic acids is 3. The lowest BCUT2D eigenvalue weighted by molar-refractivity contribution is -0.119. The number of carbonyl (C=O) groups is 3. The van der Waals surface area contributed by atoms with Gasteiger partial charge in [-0.25, -0.2) is 4.79 Å².